The van der Waals surface area contributed by atoms with E-state index in [1.54, 1.807) is 12.1 Å². The highest BCUT2D eigenvalue weighted by Gasteiger charge is 2.37. The van der Waals surface area contributed by atoms with Gasteiger partial charge in [-0.05, 0) is 50.1 Å². The Hall–Kier alpha value is -2.47. The predicted octanol–water partition coefficient (Wildman–Crippen LogP) is 3.47. The van der Waals surface area contributed by atoms with Gasteiger partial charge in [0.15, 0.2) is 0 Å². The Labute approximate surface area is 158 Å². The number of aryl methyl sites for hydroxylation is 1. The molecule has 2 aliphatic heterocycles. The number of fused-ring (bicyclic) bond motifs is 1. The average molecular weight is 369 g/mol. The number of nitrogens with zero attached hydrogens (tertiary/aromatic N) is 3. The van der Waals surface area contributed by atoms with E-state index in [0.717, 1.165) is 29.2 Å². The van der Waals surface area contributed by atoms with Crippen molar-refractivity contribution >= 4 is 11.7 Å². The SMILES string of the molecule is Cc1cc(N2CCOCC2C)nc2c1C(=O)N(Cc1ccc(F)cc1)C2C. The topological polar surface area (TPSA) is 45.7 Å². The Morgan fingerprint density at radius 2 is 2.00 bits per heavy atom. The molecule has 2 atom stereocenters. The van der Waals surface area contributed by atoms with Crippen LogP contribution in [0.5, 0.6) is 0 Å². The van der Waals surface area contributed by atoms with Crippen molar-refractivity contribution in [1.82, 2.24) is 9.88 Å². The van der Waals surface area contributed by atoms with E-state index in [4.69, 9.17) is 9.72 Å². The molecule has 6 heteroatoms. The van der Waals surface area contributed by atoms with Gasteiger partial charge in [0.25, 0.3) is 5.91 Å². The van der Waals surface area contributed by atoms with Crippen molar-refractivity contribution in [2.24, 2.45) is 0 Å². The number of amides is 1. The van der Waals surface area contributed by atoms with Crippen LogP contribution in [0.4, 0.5) is 10.2 Å². The molecule has 0 aliphatic carbocycles. The van der Waals surface area contributed by atoms with Crippen LogP contribution in [0.15, 0.2) is 30.3 Å². The second-order valence-electron chi connectivity index (χ2n) is 7.41. The Morgan fingerprint density at radius 1 is 1.26 bits per heavy atom. The number of carbonyl (C=O) groups is 1. The van der Waals surface area contributed by atoms with Crippen molar-refractivity contribution in [3.63, 3.8) is 0 Å². The van der Waals surface area contributed by atoms with Gasteiger partial charge >= 0.3 is 0 Å². The number of anilines is 1. The number of ether oxygens (including phenoxy) is 1. The second kappa shape index (κ2) is 6.93. The van der Waals surface area contributed by atoms with E-state index in [1.165, 1.54) is 12.1 Å². The molecule has 0 bridgehead atoms. The van der Waals surface area contributed by atoms with Gasteiger partial charge in [-0.2, -0.15) is 0 Å². The molecule has 1 aromatic heterocycles. The first-order valence-electron chi connectivity index (χ1n) is 9.37. The lowest BCUT2D eigenvalue weighted by atomic mass is 10.1. The number of hydrogen-bond acceptors (Lipinski definition) is 4. The molecule has 2 aromatic rings. The van der Waals surface area contributed by atoms with Crippen LogP contribution in [0.1, 0.15) is 47.1 Å². The van der Waals surface area contributed by atoms with Gasteiger partial charge in [0.05, 0.1) is 36.6 Å². The highest BCUT2D eigenvalue weighted by atomic mass is 19.1. The fourth-order valence-corrected chi connectivity index (χ4v) is 3.94. The third kappa shape index (κ3) is 3.18. The molecule has 0 spiro atoms. The summed E-state index contributed by atoms with van der Waals surface area (Å²) in [7, 11) is 0. The molecule has 0 radical (unpaired) electrons. The van der Waals surface area contributed by atoms with Crippen LogP contribution in [0.3, 0.4) is 0 Å². The zero-order chi connectivity index (χ0) is 19.1. The number of rotatable bonds is 3. The highest BCUT2D eigenvalue weighted by molar-refractivity contribution is 6.00. The van der Waals surface area contributed by atoms with Crippen LogP contribution in [0.2, 0.25) is 0 Å². The van der Waals surface area contributed by atoms with Crippen molar-refractivity contribution in [2.75, 3.05) is 24.7 Å². The van der Waals surface area contributed by atoms with E-state index in [9.17, 15) is 9.18 Å². The smallest absolute Gasteiger partial charge is 0.256 e. The number of pyridine rings is 1. The maximum atomic E-state index is 13.2. The predicted molar refractivity (Wildman–Crippen MR) is 101 cm³/mol. The summed E-state index contributed by atoms with van der Waals surface area (Å²) in [5.74, 6) is 0.628. The van der Waals surface area contributed by atoms with Crippen molar-refractivity contribution in [2.45, 2.75) is 39.4 Å². The number of morpholine rings is 1. The monoisotopic (exact) mass is 369 g/mol. The van der Waals surface area contributed by atoms with Crippen LogP contribution >= 0.6 is 0 Å². The highest BCUT2D eigenvalue weighted by Crippen LogP contribution is 2.37. The van der Waals surface area contributed by atoms with Crippen molar-refractivity contribution in [3.05, 3.63) is 58.5 Å². The molecule has 1 fully saturated rings. The summed E-state index contributed by atoms with van der Waals surface area (Å²) in [6, 6.07) is 8.44. The van der Waals surface area contributed by atoms with Crippen LogP contribution in [0, 0.1) is 12.7 Å². The van der Waals surface area contributed by atoms with Gasteiger partial charge < -0.3 is 14.5 Å². The normalized spacial score (nSPS) is 22.3. The molecule has 27 heavy (non-hydrogen) atoms. The van der Waals surface area contributed by atoms with Crippen LogP contribution in [0.25, 0.3) is 0 Å². The number of hydrogen-bond donors (Lipinski definition) is 0. The maximum Gasteiger partial charge on any atom is 0.256 e. The van der Waals surface area contributed by atoms with E-state index >= 15 is 0 Å². The van der Waals surface area contributed by atoms with Gasteiger partial charge in [0.2, 0.25) is 0 Å². The molecule has 1 amide bonds. The van der Waals surface area contributed by atoms with E-state index < -0.39 is 0 Å². The first-order valence-corrected chi connectivity index (χ1v) is 9.37. The molecule has 2 unspecified atom stereocenters. The lowest BCUT2D eigenvalue weighted by Gasteiger charge is -2.34. The van der Waals surface area contributed by atoms with Crippen molar-refractivity contribution in [1.29, 1.82) is 0 Å². The summed E-state index contributed by atoms with van der Waals surface area (Å²) < 4.78 is 18.7. The Morgan fingerprint density at radius 3 is 2.70 bits per heavy atom. The zero-order valence-corrected chi connectivity index (χ0v) is 15.9. The van der Waals surface area contributed by atoms with Crippen LogP contribution < -0.4 is 4.90 Å². The Bertz CT molecular complexity index is 868. The summed E-state index contributed by atoms with van der Waals surface area (Å²) >= 11 is 0. The number of benzene rings is 1. The standard InChI is InChI=1S/C21H24FN3O2/c1-13-10-18(24-8-9-27-12-14(24)2)23-20-15(3)25(21(26)19(13)20)11-16-4-6-17(22)7-5-16/h4-7,10,14-15H,8-9,11-12H2,1-3H3. The molecule has 1 aromatic carbocycles. The summed E-state index contributed by atoms with van der Waals surface area (Å²) in [4.78, 5) is 22.0. The minimum atomic E-state index is -0.274. The molecular formula is C21H24FN3O2. The fraction of sp³-hybridized carbons (Fsp3) is 0.429. The summed E-state index contributed by atoms with van der Waals surface area (Å²) in [5, 5.41) is 0. The molecule has 142 valence electrons. The lowest BCUT2D eigenvalue weighted by molar-refractivity contribution is 0.0721. The van der Waals surface area contributed by atoms with E-state index in [1.807, 2.05) is 24.8 Å². The summed E-state index contributed by atoms with van der Waals surface area (Å²) in [6.07, 6.45) is 0. The number of halogens is 1. The number of carbonyl (C=O) groups excluding carboxylic acids is 1. The third-order valence-corrected chi connectivity index (χ3v) is 5.50. The van der Waals surface area contributed by atoms with Gasteiger partial charge in [0.1, 0.15) is 11.6 Å². The average Bonchev–Trinajstić information content (AvgIpc) is 2.89. The zero-order valence-electron chi connectivity index (χ0n) is 15.9. The van der Waals surface area contributed by atoms with E-state index in [-0.39, 0.29) is 23.8 Å². The molecule has 0 N–H and O–H groups in total. The van der Waals surface area contributed by atoms with Gasteiger partial charge in [-0.3, -0.25) is 4.79 Å². The van der Waals surface area contributed by atoms with Gasteiger partial charge in [-0.1, -0.05) is 12.1 Å². The quantitative estimate of drug-likeness (QED) is 0.831. The third-order valence-electron chi connectivity index (χ3n) is 5.50. The van der Waals surface area contributed by atoms with Crippen molar-refractivity contribution in [3.8, 4) is 0 Å². The lowest BCUT2D eigenvalue weighted by Crippen LogP contribution is -2.44. The molecule has 4 rings (SSSR count). The summed E-state index contributed by atoms with van der Waals surface area (Å²) in [6.45, 7) is 8.72. The molecule has 2 aliphatic rings. The van der Waals surface area contributed by atoms with Crippen LogP contribution in [-0.4, -0.2) is 41.6 Å². The van der Waals surface area contributed by atoms with Crippen molar-refractivity contribution < 1.29 is 13.9 Å². The maximum absolute atomic E-state index is 13.2. The summed E-state index contributed by atoms with van der Waals surface area (Å²) in [5.41, 5.74) is 3.39. The Balaban J connectivity index is 1.65. The van der Waals surface area contributed by atoms with E-state index in [2.05, 4.69) is 11.8 Å². The minimum absolute atomic E-state index is 0.00611. The van der Waals surface area contributed by atoms with Crippen LogP contribution in [-0.2, 0) is 11.3 Å². The van der Waals surface area contributed by atoms with Gasteiger partial charge in [-0.15, -0.1) is 0 Å². The minimum Gasteiger partial charge on any atom is -0.377 e. The number of aromatic nitrogens is 1. The largest absolute Gasteiger partial charge is 0.377 e. The molecule has 5 nitrogen and oxygen atoms in total. The van der Waals surface area contributed by atoms with E-state index in [0.29, 0.717) is 25.3 Å². The Kier molecular flexibility index (Phi) is 4.60. The molecule has 0 saturated carbocycles. The molecule has 3 heterocycles. The fourth-order valence-electron chi connectivity index (χ4n) is 3.94. The molecule has 1 saturated heterocycles. The molecular weight excluding hydrogens is 345 g/mol. The van der Waals surface area contributed by atoms with Gasteiger partial charge in [-0.25, -0.2) is 9.37 Å². The first kappa shape index (κ1) is 17.9. The van der Waals surface area contributed by atoms with Gasteiger partial charge in [0, 0.05) is 13.1 Å². The second-order valence-corrected chi connectivity index (χ2v) is 7.41. The first-order chi connectivity index (χ1) is 13.0.